The van der Waals surface area contributed by atoms with Crippen molar-refractivity contribution in [2.45, 2.75) is 26.9 Å². The number of ether oxygens (including phenoxy) is 3. The van der Waals surface area contributed by atoms with Crippen molar-refractivity contribution in [1.29, 1.82) is 0 Å². The molecule has 0 aliphatic carbocycles. The third-order valence-corrected chi connectivity index (χ3v) is 6.44. The Hall–Kier alpha value is -3.06. The Balaban J connectivity index is 1.71. The molecule has 1 fully saturated rings. The van der Waals surface area contributed by atoms with Gasteiger partial charge in [0.25, 0.3) is 17.1 Å². The van der Waals surface area contributed by atoms with Gasteiger partial charge in [-0.25, -0.2) is 0 Å². The fourth-order valence-electron chi connectivity index (χ4n) is 3.24. The van der Waals surface area contributed by atoms with Crippen LogP contribution in [0.1, 0.15) is 25.0 Å². The summed E-state index contributed by atoms with van der Waals surface area (Å²) in [6.45, 7) is 4.63. The van der Waals surface area contributed by atoms with Gasteiger partial charge in [0.1, 0.15) is 6.54 Å². The van der Waals surface area contributed by atoms with Gasteiger partial charge in [0.2, 0.25) is 0 Å². The van der Waals surface area contributed by atoms with Crippen LogP contribution < -0.4 is 14.8 Å². The fraction of sp³-hybridized carbons (Fsp3) is 0.280. The summed E-state index contributed by atoms with van der Waals surface area (Å²) in [5, 5.41) is 2.23. The minimum absolute atomic E-state index is 0.168. The minimum Gasteiger partial charge on any atom is -0.493 e. The van der Waals surface area contributed by atoms with Crippen LogP contribution in [0.5, 0.6) is 11.5 Å². The van der Waals surface area contributed by atoms with Gasteiger partial charge in [0.15, 0.2) is 18.1 Å². The van der Waals surface area contributed by atoms with Gasteiger partial charge in [-0.3, -0.25) is 24.1 Å². The van der Waals surface area contributed by atoms with Crippen LogP contribution >= 0.6 is 34.4 Å². The average Bonchev–Trinajstić information content (AvgIpc) is 3.04. The molecule has 1 aliphatic rings. The van der Waals surface area contributed by atoms with E-state index < -0.39 is 23.7 Å². The number of hydrogen-bond donors (Lipinski definition) is 1. The number of amides is 3. The maximum atomic E-state index is 12.7. The average molecular weight is 624 g/mol. The van der Waals surface area contributed by atoms with Gasteiger partial charge in [0.05, 0.1) is 21.7 Å². The highest BCUT2D eigenvalue weighted by atomic mass is 127. The van der Waals surface area contributed by atoms with E-state index in [9.17, 15) is 19.2 Å². The molecule has 2 aromatic carbocycles. The standard InChI is InChI=1S/C25H25IN2O7S/c1-14(2)35-22(30)12-28-24(31)20(36-25(28)32)11-16-9-18(26)23(19(10-16)33-4)34-13-21(29)27-17-7-5-6-15(3)8-17/h5-11,14H,12-13H2,1-4H3,(H,27,29)/b20-11-. The van der Waals surface area contributed by atoms with Crippen molar-refractivity contribution >= 4 is 69.1 Å². The second-order valence-electron chi connectivity index (χ2n) is 8.05. The first-order chi connectivity index (χ1) is 17.1. The zero-order valence-electron chi connectivity index (χ0n) is 20.1. The van der Waals surface area contributed by atoms with E-state index in [1.54, 1.807) is 32.0 Å². The summed E-state index contributed by atoms with van der Waals surface area (Å²) in [6, 6.07) is 10.8. The van der Waals surface area contributed by atoms with E-state index in [1.807, 2.05) is 47.7 Å². The highest BCUT2D eigenvalue weighted by Crippen LogP contribution is 2.37. The van der Waals surface area contributed by atoms with Gasteiger partial charge in [0, 0.05) is 5.69 Å². The molecule has 1 N–H and O–H groups in total. The summed E-state index contributed by atoms with van der Waals surface area (Å²) in [5.41, 5.74) is 2.28. The van der Waals surface area contributed by atoms with Gasteiger partial charge in [-0.05, 0) is 96.6 Å². The Labute approximate surface area is 226 Å². The molecular weight excluding hydrogens is 599 g/mol. The number of rotatable bonds is 9. The molecule has 0 saturated carbocycles. The van der Waals surface area contributed by atoms with Gasteiger partial charge in [-0.1, -0.05) is 12.1 Å². The zero-order valence-corrected chi connectivity index (χ0v) is 23.1. The number of nitrogens with one attached hydrogen (secondary N) is 1. The van der Waals surface area contributed by atoms with Crippen LogP contribution in [0.2, 0.25) is 0 Å². The molecular formula is C25H25IN2O7S. The van der Waals surface area contributed by atoms with Crippen molar-refractivity contribution in [3.8, 4) is 11.5 Å². The number of methoxy groups -OCH3 is 1. The van der Waals surface area contributed by atoms with Crippen molar-refractivity contribution in [3.63, 3.8) is 0 Å². The predicted octanol–water partition coefficient (Wildman–Crippen LogP) is 4.61. The lowest BCUT2D eigenvalue weighted by atomic mass is 10.2. The van der Waals surface area contributed by atoms with E-state index in [0.29, 0.717) is 26.3 Å². The number of imide groups is 1. The van der Waals surface area contributed by atoms with Crippen LogP contribution in [-0.4, -0.2) is 54.3 Å². The summed E-state index contributed by atoms with van der Waals surface area (Å²) < 4.78 is 16.8. The lowest BCUT2D eigenvalue weighted by Crippen LogP contribution is -2.35. The zero-order chi connectivity index (χ0) is 26.4. The van der Waals surface area contributed by atoms with Crippen LogP contribution in [-0.2, 0) is 19.1 Å². The van der Waals surface area contributed by atoms with Crippen molar-refractivity contribution in [2.24, 2.45) is 0 Å². The normalized spacial score (nSPS) is 14.4. The molecule has 3 amide bonds. The quantitative estimate of drug-likeness (QED) is 0.245. The highest BCUT2D eigenvalue weighted by molar-refractivity contribution is 14.1. The van der Waals surface area contributed by atoms with Crippen molar-refractivity contribution in [1.82, 2.24) is 4.90 Å². The number of carbonyl (C=O) groups excluding carboxylic acids is 4. The van der Waals surface area contributed by atoms with Crippen molar-refractivity contribution in [2.75, 3.05) is 25.6 Å². The second-order valence-corrected chi connectivity index (χ2v) is 10.2. The van der Waals surface area contributed by atoms with E-state index >= 15 is 0 Å². The Morgan fingerprint density at radius 1 is 1.19 bits per heavy atom. The Morgan fingerprint density at radius 2 is 1.94 bits per heavy atom. The molecule has 0 bridgehead atoms. The molecule has 0 spiro atoms. The summed E-state index contributed by atoms with van der Waals surface area (Å²) in [5.74, 6) is -0.826. The molecule has 36 heavy (non-hydrogen) atoms. The first-order valence-corrected chi connectivity index (χ1v) is 12.8. The SMILES string of the molecule is COc1cc(/C=C2\SC(=O)N(CC(=O)OC(C)C)C2=O)cc(I)c1OCC(=O)Nc1cccc(C)c1. The molecule has 0 aromatic heterocycles. The lowest BCUT2D eigenvalue weighted by molar-refractivity contribution is -0.149. The monoisotopic (exact) mass is 624 g/mol. The largest absolute Gasteiger partial charge is 0.493 e. The third kappa shape index (κ3) is 7.23. The number of anilines is 1. The smallest absolute Gasteiger partial charge is 0.326 e. The number of benzene rings is 2. The molecule has 0 radical (unpaired) electrons. The van der Waals surface area contributed by atoms with Gasteiger partial charge >= 0.3 is 5.97 Å². The van der Waals surface area contributed by atoms with Crippen molar-refractivity contribution in [3.05, 3.63) is 56.0 Å². The van der Waals surface area contributed by atoms with Crippen LogP contribution in [0.4, 0.5) is 10.5 Å². The molecule has 2 aromatic rings. The fourth-order valence-corrected chi connectivity index (χ4v) is 4.86. The molecule has 11 heteroatoms. The maximum absolute atomic E-state index is 12.7. The predicted molar refractivity (Wildman–Crippen MR) is 145 cm³/mol. The van der Waals surface area contributed by atoms with Crippen LogP contribution in [0.15, 0.2) is 41.3 Å². The molecule has 9 nitrogen and oxygen atoms in total. The number of carbonyl (C=O) groups is 4. The molecule has 0 atom stereocenters. The van der Waals surface area contributed by atoms with Gasteiger partial charge in [-0.2, -0.15) is 0 Å². The lowest BCUT2D eigenvalue weighted by Gasteiger charge is -2.14. The first kappa shape index (κ1) is 27.5. The number of esters is 1. The molecule has 190 valence electrons. The van der Waals surface area contributed by atoms with E-state index in [0.717, 1.165) is 22.2 Å². The van der Waals surface area contributed by atoms with E-state index in [2.05, 4.69) is 5.32 Å². The summed E-state index contributed by atoms with van der Waals surface area (Å²) in [7, 11) is 1.46. The first-order valence-electron chi connectivity index (χ1n) is 10.9. The summed E-state index contributed by atoms with van der Waals surface area (Å²) in [4.78, 5) is 50.3. The Kier molecular flexibility index (Phi) is 9.37. The number of hydrogen-bond acceptors (Lipinski definition) is 8. The number of thioether (sulfide) groups is 1. The van der Waals surface area contributed by atoms with Crippen LogP contribution in [0.3, 0.4) is 0 Å². The number of nitrogens with zero attached hydrogens (tertiary/aromatic N) is 1. The van der Waals surface area contributed by atoms with Crippen molar-refractivity contribution < 1.29 is 33.4 Å². The topological polar surface area (TPSA) is 111 Å². The molecule has 0 unspecified atom stereocenters. The Bertz CT molecular complexity index is 1230. The van der Waals surface area contributed by atoms with E-state index in [4.69, 9.17) is 14.2 Å². The summed E-state index contributed by atoms with van der Waals surface area (Å²) in [6.07, 6.45) is 1.19. The minimum atomic E-state index is -0.655. The highest BCUT2D eigenvalue weighted by Gasteiger charge is 2.37. The number of halogens is 1. The van der Waals surface area contributed by atoms with E-state index in [1.165, 1.54) is 13.2 Å². The molecule has 3 rings (SSSR count). The van der Waals surface area contributed by atoms with Crippen LogP contribution in [0.25, 0.3) is 6.08 Å². The third-order valence-electron chi connectivity index (χ3n) is 4.73. The molecule has 1 heterocycles. The van der Waals surface area contributed by atoms with Gasteiger partial charge in [-0.15, -0.1) is 0 Å². The van der Waals surface area contributed by atoms with E-state index in [-0.39, 0.29) is 23.5 Å². The Morgan fingerprint density at radius 3 is 2.61 bits per heavy atom. The maximum Gasteiger partial charge on any atom is 0.326 e. The second kappa shape index (κ2) is 12.3. The van der Waals surface area contributed by atoms with Gasteiger partial charge < -0.3 is 19.5 Å². The molecule has 1 aliphatic heterocycles. The van der Waals surface area contributed by atoms with Crippen LogP contribution in [0, 0.1) is 10.5 Å². The number of aryl methyl sites for hydroxylation is 1. The summed E-state index contributed by atoms with van der Waals surface area (Å²) >= 11 is 2.78. The molecule has 1 saturated heterocycles.